The number of piperidine rings is 1. The van der Waals surface area contributed by atoms with Crippen molar-refractivity contribution in [1.29, 1.82) is 0 Å². The summed E-state index contributed by atoms with van der Waals surface area (Å²) in [6.07, 6.45) is 4.80. The second-order valence-electron chi connectivity index (χ2n) is 6.84. The lowest BCUT2D eigenvalue weighted by Crippen LogP contribution is -2.43. The summed E-state index contributed by atoms with van der Waals surface area (Å²) < 4.78 is 0. The average Bonchev–Trinajstić information content (AvgIpc) is 2.61. The van der Waals surface area contributed by atoms with E-state index in [0.717, 1.165) is 10.7 Å². The molecule has 1 saturated heterocycles. The van der Waals surface area contributed by atoms with Crippen LogP contribution in [0.2, 0.25) is 5.02 Å². The third-order valence-electron chi connectivity index (χ3n) is 5.04. The zero-order chi connectivity index (χ0) is 16.8. The first kappa shape index (κ1) is 17.3. The number of hydrogen-bond acceptors (Lipinski definition) is 2. The largest absolute Gasteiger partial charge is 0.382 e. The van der Waals surface area contributed by atoms with Gasteiger partial charge in [-0.3, -0.25) is 0 Å². The number of likely N-dealkylation sites (tertiary alicyclic amines) is 1. The summed E-state index contributed by atoms with van der Waals surface area (Å²) >= 11 is 6.06. The van der Waals surface area contributed by atoms with Crippen LogP contribution in [0, 0.1) is 0 Å². The Morgan fingerprint density at radius 2 is 1.83 bits per heavy atom. The van der Waals surface area contributed by atoms with Gasteiger partial charge in [-0.1, -0.05) is 48.0 Å². The SMILES string of the molecule is CC(CCc1ccccc1)N1CCC(Nc2cccc(Cl)c2)CC1. The summed E-state index contributed by atoms with van der Waals surface area (Å²) in [6.45, 7) is 4.72. The summed E-state index contributed by atoms with van der Waals surface area (Å²) in [5.74, 6) is 0. The summed E-state index contributed by atoms with van der Waals surface area (Å²) in [7, 11) is 0. The number of benzene rings is 2. The number of rotatable bonds is 6. The molecular weight excluding hydrogens is 316 g/mol. The minimum Gasteiger partial charge on any atom is -0.382 e. The molecule has 128 valence electrons. The highest BCUT2D eigenvalue weighted by Gasteiger charge is 2.22. The molecule has 1 aliphatic rings. The van der Waals surface area contributed by atoms with Gasteiger partial charge in [-0.15, -0.1) is 0 Å². The van der Waals surface area contributed by atoms with E-state index in [2.05, 4.69) is 53.5 Å². The Morgan fingerprint density at radius 3 is 2.54 bits per heavy atom. The summed E-state index contributed by atoms with van der Waals surface area (Å²) in [5.41, 5.74) is 2.58. The Balaban J connectivity index is 1.42. The molecule has 0 radical (unpaired) electrons. The Hall–Kier alpha value is -1.51. The lowest BCUT2D eigenvalue weighted by Gasteiger charge is -2.36. The first-order valence-corrected chi connectivity index (χ1v) is 9.38. The van der Waals surface area contributed by atoms with Crippen LogP contribution in [0.25, 0.3) is 0 Å². The molecule has 1 N–H and O–H groups in total. The van der Waals surface area contributed by atoms with Crippen molar-refractivity contribution >= 4 is 17.3 Å². The number of anilines is 1. The van der Waals surface area contributed by atoms with Crippen molar-refractivity contribution in [2.24, 2.45) is 0 Å². The lowest BCUT2D eigenvalue weighted by atomic mass is 10.00. The molecule has 3 rings (SSSR count). The van der Waals surface area contributed by atoms with Crippen molar-refractivity contribution in [3.8, 4) is 0 Å². The predicted molar refractivity (Wildman–Crippen MR) is 104 cm³/mol. The molecule has 0 aromatic heterocycles. The quantitative estimate of drug-likeness (QED) is 0.772. The van der Waals surface area contributed by atoms with Gasteiger partial charge >= 0.3 is 0 Å². The fourth-order valence-corrected chi connectivity index (χ4v) is 3.69. The zero-order valence-corrected chi connectivity index (χ0v) is 15.2. The second kappa shape index (κ2) is 8.55. The van der Waals surface area contributed by atoms with Crippen LogP contribution in [-0.4, -0.2) is 30.1 Å². The topological polar surface area (TPSA) is 15.3 Å². The highest BCUT2D eigenvalue weighted by atomic mass is 35.5. The first-order chi connectivity index (χ1) is 11.7. The number of nitrogens with one attached hydrogen (secondary N) is 1. The van der Waals surface area contributed by atoms with Crippen LogP contribution >= 0.6 is 11.6 Å². The molecule has 24 heavy (non-hydrogen) atoms. The van der Waals surface area contributed by atoms with Gasteiger partial charge < -0.3 is 10.2 Å². The first-order valence-electron chi connectivity index (χ1n) is 9.01. The van der Waals surface area contributed by atoms with E-state index in [1.165, 1.54) is 44.3 Å². The molecule has 2 aromatic carbocycles. The molecule has 0 amide bonds. The molecular formula is C21H27ClN2. The maximum atomic E-state index is 6.06. The number of hydrogen-bond donors (Lipinski definition) is 1. The molecule has 0 bridgehead atoms. The van der Waals surface area contributed by atoms with Crippen molar-refractivity contribution in [3.63, 3.8) is 0 Å². The highest BCUT2D eigenvalue weighted by Crippen LogP contribution is 2.21. The number of nitrogens with zero attached hydrogens (tertiary/aromatic N) is 1. The number of aryl methyl sites for hydroxylation is 1. The smallest absolute Gasteiger partial charge is 0.0426 e. The molecule has 1 atom stereocenters. The van der Waals surface area contributed by atoms with Gasteiger partial charge in [-0.2, -0.15) is 0 Å². The third-order valence-corrected chi connectivity index (χ3v) is 5.28. The molecule has 0 saturated carbocycles. The Bertz CT molecular complexity index is 621. The van der Waals surface area contributed by atoms with Crippen LogP contribution in [0.4, 0.5) is 5.69 Å². The molecule has 1 aliphatic heterocycles. The van der Waals surface area contributed by atoms with Gasteiger partial charge in [0.2, 0.25) is 0 Å². The Morgan fingerprint density at radius 1 is 1.08 bits per heavy atom. The van der Waals surface area contributed by atoms with Gasteiger partial charge in [-0.05, 0) is 56.4 Å². The predicted octanol–water partition coefficient (Wildman–Crippen LogP) is 5.24. The fourth-order valence-electron chi connectivity index (χ4n) is 3.50. The highest BCUT2D eigenvalue weighted by molar-refractivity contribution is 6.30. The second-order valence-corrected chi connectivity index (χ2v) is 7.27. The van der Waals surface area contributed by atoms with Gasteiger partial charge in [-0.25, -0.2) is 0 Å². The third kappa shape index (κ3) is 4.99. The van der Waals surface area contributed by atoms with E-state index in [0.29, 0.717) is 12.1 Å². The number of halogens is 1. The Kier molecular flexibility index (Phi) is 6.17. The summed E-state index contributed by atoms with van der Waals surface area (Å²) in [6, 6.07) is 20.1. The summed E-state index contributed by atoms with van der Waals surface area (Å²) in [4.78, 5) is 2.64. The minimum atomic E-state index is 0.557. The van der Waals surface area contributed by atoms with Crippen molar-refractivity contribution in [3.05, 3.63) is 65.2 Å². The molecule has 3 heteroatoms. The molecule has 1 unspecified atom stereocenters. The van der Waals surface area contributed by atoms with Crippen molar-refractivity contribution in [1.82, 2.24) is 4.90 Å². The maximum absolute atomic E-state index is 6.06. The van der Waals surface area contributed by atoms with Crippen molar-refractivity contribution in [2.45, 2.75) is 44.7 Å². The van der Waals surface area contributed by atoms with Gasteiger partial charge in [0, 0.05) is 35.9 Å². The van der Waals surface area contributed by atoms with Gasteiger partial charge in [0.25, 0.3) is 0 Å². The van der Waals surface area contributed by atoms with E-state index < -0.39 is 0 Å². The zero-order valence-electron chi connectivity index (χ0n) is 14.4. The lowest BCUT2D eigenvalue weighted by molar-refractivity contribution is 0.160. The van der Waals surface area contributed by atoms with E-state index in [1.807, 2.05) is 18.2 Å². The van der Waals surface area contributed by atoms with Crippen LogP contribution in [0.1, 0.15) is 31.7 Å². The molecule has 2 aromatic rings. The average molecular weight is 343 g/mol. The van der Waals surface area contributed by atoms with Crippen LogP contribution in [0.3, 0.4) is 0 Å². The molecule has 1 fully saturated rings. The maximum Gasteiger partial charge on any atom is 0.0426 e. The van der Waals surface area contributed by atoms with Gasteiger partial charge in [0.05, 0.1) is 0 Å². The van der Waals surface area contributed by atoms with E-state index in [1.54, 1.807) is 0 Å². The monoisotopic (exact) mass is 342 g/mol. The van der Waals surface area contributed by atoms with E-state index in [9.17, 15) is 0 Å². The van der Waals surface area contributed by atoms with Crippen molar-refractivity contribution in [2.75, 3.05) is 18.4 Å². The molecule has 0 aliphatic carbocycles. The standard InChI is InChI=1S/C21H27ClN2/c1-17(10-11-18-6-3-2-4-7-18)24-14-12-20(13-15-24)23-21-9-5-8-19(22)16-21/h2-9,16-17,20,23H,10-15H2,1H3. The van der Waals surface area contributed by atoms with Crippen LogP contribution in [0.5, 0.6) is 0 Å². The normalized spacial score (nSPS) is 17.6. The van der Waals surface area contributed by atoms with Crippen LogP contribution in [-0.2, 0) is 6.42 Å². The molecule has 1 heterocycles. The van der Waals surface area contributed by atoms with E-state index in [4.69, 9.17) is 11.6 Å². The molecule has 0 spiro atoms. The fraction of sp³-hybridized carbons (Fsp3) is 0.429. The van der Waals surface area contributed by atoms with Crippen LogP contribution < -0.4 is 5.32 Å². The van der Waals surface area contributed by atoms with Gasteiger partial charge in [0.15, 0.2) is 0 Å². The summed E-state index contributed by atoms with van der Waals surface area (Å²) in [5, 5.41) is 4.43. The minimum absolute atomic E-state index is 0.557. The van der Waals surface area contributed by atoms with Crippen molar-refractivity contribution < 1.29 is 0 Å². The molecule has 2 nitrogen and oxygen atoms in total. The van der Waals surface area contributed by atoms with Gasteiger partial charge in [0.1, 0.15) is 0 Å². The Labute approximate surface area is 150 Å². The van der Waals surface area contributed by atoms with E-state index in [-0.39, 0.29) is 0 Å². The van der Waals surface area contributed by atoms with E-state index >= 15 is 0 Å². The van der Waals surface area contributed by atoms with Crippen LogP contribution in [0.15, 0.2) is 54.6 Å².